The van der Waals surface area contributed by atoms with Crippen LogP contribution in [-0.2, 0) is 19.6 Å². The number of benzene rings is 2. The molecule has 2 aromatic rings. The zero-order chi connectivity index (χ0) is 20.5. The van der Waals surface area contributed by atoms with Crippen molar-refractivity contribution in [2.24, 2.45) is 5.92 Å². The van der Waals surface area contributed by atoms with Gasteiger partial charge in [-0.15, -0.1) is 0 Å². The molecule has 2 saturated heterocycles. The highest BCUT2D eigenvalue weighted by Gasteiger charge is 2.73. The van der Waals surface area contributed by atoms with Crippen LogP contribution in [0.25, 0.3) is 0 Å². The third-order valence-electron chi connectivity index (χ3n) is 6.06. The molecule has 4 atom stereocenters. The smallest absolute Gasteiger partial charge is 0.246 e. The molecule has 7 heteroatoms. The van der Waals surface area contributed by atoms with E-state index in [1.165, 1.54) is 28.6 Å². The maximum atomic E-state index is 13.6. The highest BCUT2D eigenvalue weighted by atomic mass is 32.2. The van der Waals surface area contributed by atoms with Gasteiger partial charge in [0, 0.05) is 0 Å². The Hall–Kier alpha value is -2.09. The Morgan fingerprint density at radius 3 is 2.18 bits per heavy atom. The number of halogens is 1. The summed E-state index contributed by atoms with van der Waals surface area (Å²) in [6.45, 7) is 6.82. The number of carbonyl (C=O) groups excluding carboxylic acids is 1. The van der Waals surface area contributed by atoms with Gasteiger partial charge in [-0.2, -0.15) is 4.31 Å². The van der Waals surface area contributed by atoms with Crippen LogP contribution in [0.15, 0.2) is 53.4 Å². The summed E-state index contributed by atoms with van der Waals surface area (Å²) < 4.78 is 48.2. The van der Waals surface area contributed by atoms with Crippen molar-refractivity contribution in [2.75, 3.05) is 0 Å². The summed E-state index contributed by atoms with van der Waals surface area (Å²) in [5.74, 6) is -1.22. The van der Waals surface area contributed by atoms with Crippen molar-refractivity contribution in [2.45, 2.75) is 50.0 Å². The van der Waals surface area contributed by atoms with Crippen molar-refractivity contribution in [3.8, 4) is 0 Å². The largest absolute Gasteiger partial charge is 0.343 e. The van der Waals surface area contributed by atoms with Crippen LogP contribution in [0.4, 0.5) is 4.39 Å². The summed E-state index contributed by atoms with van der Waals surface area (Å²) in [6.07, 6.45) is 0. The first-order valence-electron chi connectivity index (χ1n) is 9.13. The van der Waals surface area contributed by atoms with Gasteiger partial charge in [0.15, 0.2) is 5.78 Å². The summed E-state index contributed by atoms with van der Waals surface area (Å²) in [6, 6.07) is 11.2. The minimum atomic E-state index is -3.98. The number of rotatable bonds is 3. The van der Waals surface area contributed by atoms with E-state index in [1.807, 2.05) is 6.92 Å². The third-order valence-corrected chi connectivity index (χ3v) is 8.02. The van der Waals surface area contributed by atoms with Gasteiger partial charge < -0.3 is 4.74 Å². The van der Waals surface area contributed by atoms with Gasteiger partial charge in [-0.25, -0.2) is 12.8 Å². The number of nitrogens with zero attached hydrogens (tertiary/aromatic N) is 1. The normalized spacial score (nSPS) is 32.8. The number of carbonyl (C=O) groups is 1. The van der Waals surface area contributed by atoms with Crippen LogP contribution in [0.5, 0.6) is 0 Å². The maximum absolute atomic E-state index is 13.6. The Bertz CT molecular complexity index is 1050. The highest BCUT2D eigenvalue weighted by Crippen LogP contribution is 2.60. The molecular formula is C21H22FNO4S. The van der Waals surface area contributed by atoms with Crippen molar-refractivity contribution in [3.63, 3.8) is 0 Å². The lowest BCUT2D eigenvalue weighted by molar-refractivity contribution is -0.132. The van der Waals surface area contributed by atoms with E-state index in [2.05, 4.69) is 0 Å². The van der Waals surface area contributed by atoms with Gasteiger partial charge in [-0.05, 0) is 50.6 Å². The number of hydrogen-bond donors (Lipinski definition) is 0. The molecule has 2 aromatic carbocycles. The third kappa shape index (κ3) is 2.43. The van der Waals surface area contributed by atoms with Crippen molar-refractivity contribution in [3.05, 3.63) is 65.5 Å². The van der Waals surface area contributed by atoms with E-state index in [9.17, 15) is 17.6 Å². The van der Waals surface area contributed by atoms with Crippen molar-refractivity contribution in [1.82, 2.24) is 4.31 Å². The van der Waals surface area contributed by atoms with E-state index in [0.29, 0.717) is 5.56 Å². The Morgan fingerprint density at radius 2 is 1.61 bits per heavy atom. The maximum Gasteiger partial charge on any atom is 0.246 e. The Morgan fingerprint density at radius 1 is 1.04 bits per heavy atom. The average Bonchev–Trinajstić information content (AvgIpc) is 3.00. The van der Waals surface area contributed by atoms with Crippen LogP contribution in [0, 0.1) is 18.7 Å². The molecule has 0 amide bonds. The first-order valence-corrected chi connectivity index (χ1v) is 10.6. The summed E-state index contributed by atoms with van der Waals surface area (Å²) in [5, 5.41) is 0. The molecule has 2 fully saturated rings. The highest BCUT2D eigenvalue weighted by molar-refractivity contribution is 7.89. The van der Waals surface area contributed by atoms with Gasteiger partial charge in [0.05, 0.1) is 16.9 Å². The van der Waals surface area contributed by atoms with Crippen LogP contribution in [0.1, 0.15) is 37.9 Å². The molecule has 5 nitrogen and oxygen atoms in total. The monoisotopic (exact) mass is 403 g/mol. The second-order valence-corrected chi connectivity index (χ2v) is 9.73. The Kier molecular flexibility index (Phi) is 4.09. The molecule has 0 N–H and O–H groups in total. The molecule has 0 aliphatic carbocycles. The standard InChI is InChI=1S/C21H22FNO4S/c1-13-5-11-17(12-6-13)28(25,26)23-18(15-7-9-16(22)10-8-15)20(3)19(24)14(2)21(23,4)27-20/h5-12,14,18H,1-4H3/t14-,18+,20+,21+/m0/s1. The fraction of sp³-hybridized carbons (Fsp3) is 0.381. The molecule has 0 spiro atoms. The zero-order valence-electron chi connectivity index (χ0n) is 16.1. The van der Waals surface area contributed by atoms with Crippen LogP contribution >= 0.6 is 0 Å². The van der Waals surface area contributed by atoms with Crippen LogP contribution < -0.4 is 0 Å². The molecule has 2 heterocycles. The number of piperidine rings is 1. The molecule has 28 heavy (non-hydrogen) atoms. The number of ketones is 1. The van der Waals surface area contributed by atoms with Crippen LogP contribution in [0.2, 0.25) is 0 Å². The topological polar surface area (TPSA) is 63.7 Å². The summed E-state index contributed by atoms with van der Waals surface area (Å²) in [5.41, 5.74) is -1.21. The van der Waals surface area contributed by atoms with Crippen molar-refractivity contribution < 1.29 is 22.3 Å². The number of ether oxygens (including phenoxy) is 1. The summed E-state index contributed by atoms with van der Waals surface area (Å²) >= 11 is 0. The Balaban J connectivity index is 1.93. The number of sulfonamides is 1. The average molecular weight is 403 g/mol. The van der Waals surface area contributed by atoms with Gasteiger partial charge in [-0.1, -0.05) is 36.8 Å². The van der Waals surface area contributed by atoms with Gasteiger partial charge in [0.25, 0.3) is 0 Å². The number of hydrogen-bond acceptors (Lipinski definition) is 4. The lowest BCUT2D eigenvalue weighted by Gasteiger charge is -2.41. The minimum Gasteiger partial charge on any atom is -0.343 e. The zero-order valence-corrected chi connectivity index (χ0v) is 17.0. The van der Waals surface area contributed by atoms with Gasteiger partial charge in [0.2, 0.25) is 10.0 Å². The predicted octanol–water partition coefficient (Wildman–Crippen LogP) is 3.59. The summed E-state index contributed by atoms with van der Waals surface area (Å²) in [7, 11) is -3.98. The van der Waals surface area contributed by atoms with E-state index in [4.69, 9.17) is 4.74 Å². The van der Waals surface area contributed by atoms with Crippen LogP contribution in [-0.4, -0.2) is 29.8 Å². The first-order chi connectivity index (χ1) is 13.0. The van der Waals surface area contributed by atoms with Crippen LogP contribution in [0.3, 0.4) is 0 Å². The van der Waals surface area contributed by atoms with E-state index in [1.54, 1.807) is 45.0 Å². The molecule has 0 aromatic heterocycles. The molecule has 0 radical (unpaired) electrons. The molecular weight excluding hydrogens is 381 g/mol. The molecule has 2 bridgehead atoms. The molecule has 4 rings (SSSR count). The fourth-order valence-corrected chi connectivity index (χ4v) is 6.43. The number of fused-ring (bicyclic) bond motifs is 2. The SMILES string of the molecule is Cc1ccc(S(=O)(=O)N2[C@H](c3ccc(F)cc3)[C@@]3(C)O[C@]2(C)[C@@H](C)C3=O)cc1. The Labute approximate surface area is 164 Å². The van der Waals surface area contributed by atoms with Gasteiger partial charge in [0.1, 0.15) is 17.1 Å². The number of aryl methyl sites for hydroxylation is 1. The molecule has 148 valence electrons. The fourth-order valence-electron chi connectivity index (χ4n) is 4.45. The van der Waals surface area contributed by atoms with E-state index < -0.39 is 39.1 Å². The molecule has 2 aliphatic heterocycles. The number of Topliss-reactive ketones (excluding diaryl/α,β-unsaturated/α-hetero) is 1. The minimum absolute atomic E-state index is 0.130. The van der Waals surface area contributed by atoms with E-state index in [0.717, 1.165) is 5.56 Å². The van der Waals surface area contributed by atoms with Crippen molar-refractivity contribution >= 4 is 15.8 Å². The van der Waals surface area contributed by atoms with E-state index >= 15 is 0 Å². The predicted molar refractivity (Wildman–Crippen MR) is 101 cm³/mol. The lowest BCUT2D eigenvalue weighted by atomic mass is 9.78. The molecule has 2 aliphatic rings. The van der Waals surface area contributed by atoms with Gasteiger partial charge >= 0.3 is 0 Å². The van der Waals surface area contributed by atoms with E-state index in [-0.39, 0.29) is 10.7 Å². The molecule has 0 saturated carbocycles. The molecule has 0 unspecified atom stereocenters. The van der Waals surface area contributed by atoms with Gasteiger partial charge in [-0.3, -0.25) is 4.79 Å². The quantitative estimate of drug-likeness (QED) is 0.786. The summed E-state index contributed by atoms with van der Waals surface area (Å²) in [4.78, 5) is 13.1. The first kappa shape index (κ1) is 19.2. The second-order valence-electron chi connectivity index (χ2n) is 7.92. The lowest BCUT2D eigenvalue weighted by Crippen LogP contribution is -2.57. The van der Waals surface area contributed by atoms with Crippen molar-refractivity contribution in [1.29, 1.82) is 0 Å². The second kappa shape index (κ2) is 5.95.